The molecule has 0 saturated heterocycles. The molecule has 0 aromatic heterocycles. The average Bonchev–Trinajstić information content (AvgIpc) is 2.34. The molecule has 0 saturated carbocycles. The highest BCUT2D eigenvalue weighted by molar-refractivity contribution is 6.65. The molecule has 4 nitrogen and oxygen atoms in total. The van der Waals surface area contributed by atoms with Gasteiger partial charge in [-0.2, -0.15) is 0 Å². The maximum atomic E-state index is 11.4. The Morgan fingerprint density at radius 3 is 1.72 bits per heavy atom. The fourth-order valence-corrected chi connectivity index (χ4v) is 1.41. The molecule has 0 aliphatic rings. The average molecular weight is 276 g/mol. The molecule has 0 aromatic rings. The second kappa shape index (κ2) is 9.30. The van der Waals surface area contributed by atoms with Crippen LogP contribution in [0.25, 0.3) is 0 Å². The van der Waals surface area contributed by atoms with Crippen molar-refractivity contribution in [2.75, 3.05) is 20.4 Å². The lowest BCUT2D eigenvalue weighted by Crippen LogP contribution is -2.44. The summed E-state index contributed by atoms with van der Waals surface area (Å²) in [7, 11) is 0.858. The highest BCUT2D eigenvalue weighted by atomic mass is 28.4. The molecule has 0 spiro atoms. The number of carbonyl (C=O) groups is 1. The number of rotatable bonds is 4. The van der Waals surface area contributed by atoms with Crippen LogP contribution in [-0.4, -0.2) is 35.0 Å². The summed E-state index contributed by atoms with van der Waals surface area (Å²) in [6.45, 7) is 11.3. The molecule has 0 atom stereocenters. The van der Waals surface area contributed by atoms with Gasteiger partial charge in [0.25, 0.3) is 0 Å². The van der Waals surface area contributed by atoms with Gasteiger partial charge in [-0.1, -0.05) is 12.2 Å². The summed E-state index contributed by atoms with van der Waals surface area (Å²) in [5.41, 5.74) is -0.475. The molecule has 108 valence electrons. The van der Waals surface area contributed by atoms with E-state index in [1.165, 1.54) is 0 Å². The fraction of sp³-hybridized carbons (Fsp3) is 0.769. The Morgan fingerprint density at radius 1 is 1.11 bits per heavy atom. The first-order valence-corrected chi connectivity index (χ1v) is 8.54. The van der Waals surface area contributed by atoms with Crippen molar-refractivity contribution in [3.05, 3.63) is 12.2 Å². The van der Waals surface area contributed by atoms with Gasteiger partial charge in [0, 0.05) is 14.2 Å². The Labute approximate surface area is 113 Å². The molecule has 0 aliphatic carbocycles. The Morgan fingerprint density at radius 2 is 1.50 bits per heavy atom. The number of ether oxygens (including phenoxy) is 1. The van der Waals surface area contributed by atoms with E-state index in [1.54, 1.807) is 14.2 Å². The van der Waals surface area contributed by atoms with Crippen LogP contribution in [0.15, 0.2) is 12.2 Å². The van der Waals surface area contributed by atoms with Crippen LogP contribution in [0, 0.1) is 5.41 Å². The summed E-state index contributed by atoms with van der Waals surface area (Å²) in [5.74, 6) is -0.231. The summed E-state index contributed by atoms with van der Waals surface area (Å²) in [6, 6.07) is 0. The van der Waals surface area contributed by atoms with Crippen molar-refractivity contribution in [2.45, 2.75) is 41.2 Å². The van der Waals surface area contributed by atoms with Crippen LogP contribution in [0.3, 0.4) is 0 Å². The van der Waals surface area contributed by atoms with Gasteiger partial charge in [0.05, 0.1) is 5.41 Å². The van der Waals surface area contributed by atoms with Crippen LogP contribution in [0.2, 0.25) is 6.55 Å². The molecule has 0 bridgehead atoms. The van der Waals surface area contributed by atoms with Crippen LogP contribution in [-0.2, 0) is 18.4 Å². The zero-order valence-corrected chi connectivity index (χ0v) is 14.0. The molecule has 18 heavy (non-hydrogen) atoms. The molecule has 0 radical (unpaired) electrons. The van der Waals surface area contributed by atoms with Crippen molar-refractivity contribution in [3.63, 3.8) is 0 Å². The molecule has 0 fully saturated rings. The number of hydrogen-bond donors (Lipinski definition) is 0. The zero-order valence-electron chi connectivity index (χ0n) is 13.0. The van der Waals surface area contributed by atoms with Crippen LogP contribution < -0.4 is 0 Å². The van der Waals surface area contributed by atoms with Gasteiger partial charge in [0.15, 0.2) is 0 Å². The molecule has 0 aliphatic heterocycles. The highest BCUT2D eigenvalue weighted by Crippen LogP contribution is 2.16. The minimum atomic E-state index is -2.28. The minimum Gasteiger partial charge on any atom is -0.463 e. The largest absolute Gasteiger partial charge is 0.463 e. The normalized spacial score (nSPS) is 12.0. The summed E-state index contributed by atoms with van der Waals surface area (Å²) >= 11 is 0. The predicted octanol–water partition coefficient (Wildman–Crippen LogP) is 3.06. The molecule has 0 N–H and O–H groups in total. The summed E-state index contributed by atoms with van der Waals surface area (Å²) in [4.78, 5) is 11.4. The van der Waals surface area contributed by atoms with Gasteiger partial charge in [-0.25, -0.2) is 0 Å². The van der Waals surface area contributed by atoms with Gasteiger partial charge in [0.1, 0.15) is 6.23 Å². The van der Waals surface area contributed by atoms with Crippen molar-refractivity contribution >= 4 is 14.5 Å². The Bertz CT molecular complexity index is 248. The van der Waals surface area contributed by atoms with Crippen LogP contribution in [0.1, 0.15) is 34.6 Å². The van der Waals surface area contributed by atoms with E-state index in [0.29, 0.717) is 0 Å². The molecule has 5 heteroatoms. The Balaban J connectivity index is 0. The molecule has 0 heterocycles. The molecular formula is C13H28O4Si. The van der Waals surface area contributed by atoms with Gasteiger partial charge >= 0.3 is 14.5 Å². The van der Waals surface area contributed by atoms with Crippen LogP contribution >= 0.6 is 0 Å². The van der Waals surface area contributed by atoms with Crippen molar-refractivity contribution in [2.24, 2.45) is 5.41 Å². The van der Waals surface area contributed by atoms with Gasteiger partial charge in [0.2, 0.25) is 0 Å². The van der Waals surface area contributed by atoms with E-state index in [-0.39, 0.29) is 12.2 Å². The van der Waals surface area contributed by atoms with Gasteiger partial charge in [-0.3, -0.25) is 4.79 Å². The highest BCUT2D eigenvalue weighted by Gasteiger charge is 2.33. The predicted molar refractivity (Wildman–Crippen MR) is 76.5 cm³/mol. The van der Waals surface area contributed by atoms with E-state index in [2.05, 4.69) is 0 Å². The maximum Gasteiger partial charge on any atom is 0.373 e. The monoisotopic (exact) mass is 276 g/mol. The van der Waals surface area contributed by atoms with E-state index < -0.39 is 14.0 Å². The maximum absolute atomic E-state index is 11.4. The lowest BCUT2D eigenvalue weighted by atomic mass is 9.98. The Kier molecular flexibility index (Phi) is 10.2. The molecule has 0 rings (SSSR count). The van der Waals surface area contributed by atoms with Gasteiger partial charge in [-0.05, 0) is 41.2 Å². The lowest BCUT2D eigenvalue weighted by molar-refractivity contribution is -0.151. The zero-order chi connectivity index (χ0) is 14.8. The number of esters is 1. The van der Waals surface area contributed by atoms with Crippen molar-refractivity contribution < 1.29 is 18.4 Å². The van der Waals surface area contributed by atoms with E-state index in [9.17, 15) is 4.79 Å². The third-order valence-corrected chi connectivity index (χ3v) is 4.67. The standard InChI is InChI=1S/C9H20O4Si.C4H8/c1-9(2,3)8(10)13-7-14(6,11-4)12-5;1-3-4-2/h7H2,1-6H3;3-4H,1-2H3. The van der Waals surface area contributed by atoms with Gasteiger partial charge < -0.3 is 13.6 Å². The topological polar surface area (TPSA) is 44.8 Å². The number of carbonyl (C=O) groups excluding carboxylic acids is 1. The number of hydrogen-bond acceptors (Lipinski definition) is 4. The van der Waals surface area contributed by atoms with E-state index in [4.69, 9.17) is 13.6 Å². The molecule has 0 aromatic carbocycles. The summed E-state index contributed by atoms with van der Waals surface area (Å²) < 4.78 is 15.5. The first-order valence-electron chi connectivity index (χ1n) is 6.01. The second-order valence-electron chi connectivity index (χ2n) is 5.03. The fourth-order valence-electron chi connectivity index (χ4n) is 0.614. The Hall–Kier alpha value is -0.653. The van der Waals surface area contributed by atoms with Crippen molar-refractivity contribution in [3.8, 4) is 0 Å². The van der Waals surface area contributed by atoms with Crippen LogP contribution in [0.4, 0.5) is 0 Å². The summed E-state index contributed by atoms with van der Waals surface area (Å²) in [5, 5.41) is 0. The smallest absolute Gasteiger partial charge is 0.373 e. The first-order chi connectivity index (χ1) is 8.16. The van der Waals surface area contributed by atoms with Crippen LogP contribution in [0.5, 0.6) is 0 Å². The van der Waals surface area contributed by atoms with Crippen molar-refractivity contribution in [1.82, 2.24) is 0 Å². The lowest BCUT2D eigenvalue weighted by Gasteiger charge is -2.24. The molecule has 0 unspecified atom stereocenters. The third kappa shape index (κ3) is 9.38. The number of allylic oxidation sites excluding steroid dienone is 2. The second-order valence-corrected chi connectivity index (χ2v) is 8.41. The van der Waals surface area contributed by atoms with E-state index >= 15 is 0 Å². The molecular weight excluding hydrogens is 248 g/mol. The first kappa shape index (κ1) is 19.7. The quantitative estimate of drug-likeness (QED) is 0.450. The minimum absolute atomic E-state index is 0.231. The summed E-state index contributed by atoms with van der Waals surface area (Å²) in [6.07, 6.45) is 4.23. The van der Waals surface area contributed by atoms with E-state index in [1.807, 2.05) is 53.3 Å². The molecule has 0 amide bonds. The van der Waals surface area contributed by atoms with E-state index in [0.717, 1.165) is 0 Å². The van der Waals surface area contributed by atoms with Gasteiger partial charge in [-0.15, -0.1) is 0 Å². The van der Waals surface area contributed by atoms with Crippen molar-refractivity contribution in [1.29, 1.82) is 0 Å². The SMILES string of the molecule is CC=CC.CO[Si](C)(COC(=O)C(C)(C)C)OC. The third-order valence-electron chi connectivity index (χ3n) is 2.27.